The zero-order valence-electron chi connectivity index (χ0n) is 10.9. The summed E-state index contributed by atoms with van der Waals surface area (Å²) >= 11 is 0. The van der Waals surface area contributed by atoms with E-state index in [1.807, 2.05) is 0 Å². The average molecular weight is 208 g/mol. The van der Waals surface area contributed by atoms with Gasteiger partial charge in [0, 0.05) is 0 Å². The summed E-state index contributed by atoms with van der Waals surface area (Å²) in [7, 11) is 0. The van der Waals surface area contributed by atoms with Crippen molar-refractivity contribution in [3.63, 3.8) is 0 Å². The van der Waals surface area contributed by atoms with Crippen LogP contribution in [0.2, 0.25) is 0 Å². The highest BCUT2D eigenvalue weighted by Gasteiger charge is 1.89. The maximum Gasteiger partial charge on any atom is -0.0274 e. The second-order valence-electron chi connectivity index (χ2n) is 4.61. The van der Waals surface area contributed by atoms with E-state index < -0.39 is 0 Å². The van der Waals surface area contributed by atoms with Crippen LogP contribution < -0.4 is 0 Å². The van der Waals surface area contributed by atoms with Crippen molar-refractivity contribution in [2.75, 3.05) is 0 Å². The molecule has 0 heterocycles. The lowest BCUT2D eigenvalue weighted by Crippen LogP contribution is -1.79. The first-order valence-corrected chi connectivity index (χ1v) is 6.65. The Hall–Kier alpha value is -0.480. The van der Waals surface area contributed by atoms with Crippen molar-refractivity contribution in [1.29, 1.82) is 0 Å². The van der Waals surface area contributed by atoms with Crippen LogP contribution in [0.15, 0.2) is 17.4 Å². The summed E-state index contributed by atoms with van der Waals surface area (Å²) in [6, 6.07) is 0. The zero-order chi connectivity index (χ0) is 11.4. The van der Waals surface area contributed by atoms with Crippen LogP contribution in [0.5, 0.6) is 0 Å². The Bertz CT molecular complexity index is 178. The van der Waals surface area contributed by atoms with Crippen molar-refractivity contribution >= 4 is 0 Å². The fourth-order valence-corrected chi connectivity index (χ4v) is 1.66. The Morgan fingerprint density at radius 2 is 1.40 bits per heavy atom. The van der Waals surface area contributed by atoms with E-state index in [-0.39, 0.29) is 0 Å². The summed E-state index contributed by atoms with van der Waals surface area (Å²) in [4.78, 5) is 0. The van der Waals surface area contributed by atoms with E-state index in [4.69, 9.17) is 0 Å². The normalized spacial score (nSPS) is 9.80. The van der Waals surface area contributed by atoms with Gasteiger partial charge in [-0.1, -0.05) is 51.9 Å². The van der Waals surface area contributed by atoms with Crippen molar-refractivity contribution in [2.45, 2.75) is 78.6 Å². The minimum absolute atomic E-state index is 1.21. The van der Waals surface area contributed by atoms with Crippen molar-refractivity contribution < 1.29 is 0 Å². The topological polar surface area (TPSA) is 0 Å². The summed E-state index contributed by atoms with van der Waals surface area (Å²) in [5.74, 6) is 0. The Balaban J connectivity index is 3.09. The van der Waals surface area contributed by atoms with Crippen molar-refractivity contribution in [3.8, 4) is 0 Å². The van der Waals surface area contributed by atoms with Crippen LogP contribution in [0.1, 0.15) is 78.6 Å². The minimum atomic E-state index is 1.21. The molecule has 0 aromatic carbocycles. The molecule has 0 atom stereocenters. The Morgan fingerprint density at radius 1 is 0.867 bits per heavy atom. The summed E-state index contributed by atoms with van der Waals surface area (Å²) < 4.78 is 0. The van der Waals surface area contributed by atoms with Gasteiger partial charge in [-0.25, -0.2) is 0 Å². The van der Waals surface area contributed by atoms with Crippen LogP contribution in [0, 0.1) is 0 Å². The van der Waals surface area contributed by atoms with E-state index in [1.54, 1.807) is 0 Å². The second-order valence-corrected chi connectivity index (χ2v) is 4.61. The van der Waals surface area contributed by atoms with Crippen molar-refractivity contribution in [2.24, 2.45) is 0 Å². The molecule has 0 spiro atoms. The van der Waals surface area contributed by atoms with E-state index in [1.165, 1.54) is 63.4 Å². The van der Waals surface area contributed by atoms with E-state index in [0.29, 0.717) is 0 Å². The molecule has 0 unspecified atom stereocenters. The Labute approximate surface area is 96.5 Å². The SMILES string of the molecule is CCCCCCCCCCC=C=C(C)C. The molecule has 0 radical (unpaired) electrons. The van der Waals surface area contributed by atoms with Crippen molar-refractivity contribution in [3.05, 3.63) is 17.4 Å². The average Bonchev–Trinajstić information content (AvgIpc) is 2.20. The fourth-order valence-electron chi connectivity index (χ4n) is 1.66. The molecule has 0 bridgehead atoms. The summed E-state index contributed by atoms with van der Waals surface area (Å²) in [6.07, 6.45) is 14.6. The molecule has 0 nitrogen and oxygen atoms in total. The molecule has 15 heavy (non-hydrogen) atoms. The van der Waals surface area contributed by atoms with Crippen LogP contribution in [0.4, 0.5) is 0 Å². The monoisotopic (exact) mass is 208 g/mol. The molecule has 88 valence electrons. The zero-order valence-corrected chi connectivity index (χ0v) is 10.9. The second kappa shape index (κ2) is 11.6. The largest absolute Gasteiger partial charge is 0.127 e. The number of unbranched alkanes of at least 4 members (excludes halogenated alkanes) is 8. The molecular formula is C15H28. The maximum atomic E-state index is 3.26. The van der Waals surface area contributed by atoms with E-state index in [0.717, 1.165) is 0 Å². The molecule has 0 amide bonds. The third kappa shape index (κ3) is 13.5. The Kier molecular flexibility index (Phi) is 11.2. The highest BCUT2D eigenvalue weighted by molar-refractivity contribution is 4.93. The summed E-state index contributed by atoms with van der Waals surface area (Å²) in [5.41, 5.74) is 4.54. The lowest BCUT2D eigenvalue weighted by Gasteiger charge is -1.99. The molecule has 0 aliphatic rings. The van der Waals surface area contributed by atoms with Gasteiger partial charge in [-0.05, 0) is 38.3 Å². The molecule has 0 aromatic rings. The summed E-state index contributed by atoms with van der Waals surface area (Å²) in [6.45, 7) is 6.48. The van der Waals surface area contributed by atoms with E-state index in [9.17, 15) is 0 Å². The van der Waals surface area contributed by atoms with Gasteiger partial charge in [-0.3, -0.25) is 0 Å². The van der Waals surface area contributed by atoms with E-state index >= 15 is 0 Å². The van der Waals surface area contributed by atoms with Gasteiger partial charge in [0.25, 0.3) is 0 Å². The van der Waals surface area contributed by atoms with Crippen LogP contribution in [0.3, 0.4) is 0 Å². The van der Waals surface area contributed by atoms with Crippen LogP contribution in [0.25, 0.3) is 0 Å². The first kappa shape index (κ1) is 14.5. The van der Waals surface area contributed by atoms with Crippen molar-refractivity contribution in [1.82, 2.24) is 0 Å². The standard InChI is InChI=1S/C15H28/c1-4-5-6-7-8-9-10-11-12-13-14-15(2)3/h13H,4-12H2,1-3H3. The molecule has 0 saturated carbocycles. The number of hydrogen-bond donors (Lipinski definition) is 0. The molecule has 0 rings (SSSR count). The lowest BCUT2D eigenvalue weighted by atomic mass is 10.1. The van der Waals surface area contributed by atoms with Crippen LogP contribution in [-0.2, 0) is 0 Å². The molecule has 0 aliphatic heterocycles. The van der Waals surface area contributed by atoms with E-state index in [2.05, 4.69) is 32.6 Å². The van der Waals surface area contributed by atoms with Gasteiger partial charge in [0.2, 0.25) is 0 Å². The molecule has 0 aromatic heterocycles. The molecule has 0 fully saturated rings. The van der Waals surface area contributed by atoms with Gasteiger partial charge < -0.3 is 0 Å². The minimum Gasteiger partial charge on any atom is -0.127 e. The van der Waals surface area contributed by atoms with Gasteiger partial charge >= 0.3 is 0 Å². The molecule has 0 heteroatoms. The first-order valence-electron chi connectivity index (χ1n) is 6.65. The van der Waals surface area contributed by atoms with Gasteiger partial charge in [-0.2, -0.15) is 0 Å². The predicted molar refractivity (Wildman–Crippen MR) is 70.2 cm³/mol. The Morgan fingerprint density at radius 3 is 1.93 bits per heavy atom. The first-order chi connectivity index (χ1) is 7.27. The molecule has 0 aliphatic carbocycles. The molecule has 0 saturated heterocycles. The van der Waals surface area contributed by atoms with Crippen LogP contribution >= 0.6 is 0 Å². The van der Waals surface area contributed by atoms with Gasteiger partial charge in [0.15, 0.2) is 0 Å². The number of rotatable bonds is 9. The third-order valence-electron chi connectivity index (χ3n) is 2.59. The lowest BCUT2D eigenvalue weighted by molar-refractivity contribution is 0.577. The molecular weight excluding hydrogens is 180 g/mol. The van der Waals surface area contributed by atoms with Gasteiger partial charge in [0.05, 0.1) is 0 Å². The predicted octanol–water partition coefficient (Wildman–Crippen LogP) is 5.64. The van der Waals surface area contributed by atoms with Crippen LogP contribution in [-0.4, -0.2) is 0 Å². The highest BCUT2D eigenvalue weighted by Crippen LogP contribution is 2.09. The van der Waals surface area contributed by atoms with Gasteiger partial charge in [0.1, 0.15) is 0 Å². The fraction of sp³-hybridized carbons (Fsp3) is 0.800. The number of hydrogen-bond acceptors (Lipinski definition) is 0. The number of allylic oxidation sites excluding steroid dienone is 1. The smallest absolute Gasteiger partial charge is 0.0274 e. The molecule has 0 N–H and O–H groups in total. The third-order valence-corrected chi connectivity index (χ3v) is 2.59. The quantitative estimate of drug-likeness (QED) is 0.340. The summed E-state index contributed by atoms with van der Waals surface area (Å²) in [5, 5.41) is 0. The maximum absolute atomic E-state index is 3.26. The highest BCUT2D eigenvalue weighted by atomic mass is 14.0. The van der Waals surface area contributed by atoms with Gasteiger partial charge in [-0.15, -0.1) is 5.73 Å².